The van der Waals surface area contributed by atoms with Crippen LogP contribution in [0.15, 0.2) is 46.9 Å². The Morgan fingerprint density at radius 3 is 2.48 bits per heavy atom. The van der Waals surface area contributed by atoms with E-state index in [9.17, 15) is 9.90 Å². The van der Waals surface area contributed by atoms with Crippen LogP contribution < -0.4 is 0 Å². The summed E-state index contributed by atoms with van der Waals surface area (Å²) in [6, 6.07) is 13.3. The van der Waals surface area contributed by atoms with E-state index < -0.39 is 0 Å². The minimum atomic E-state index is -0.384. The highest BCUT2D eigenvalue weighted by Gasteiger charge is 2.25. The summed E-state index contributed by atoms with van der Waals surface area (Å²) in [5.74, 6) is -0.296. The molecule has 0 saturated carbocycles. The van der Waals surface area contributed by atoms with Crippen LogP contribution in [0, 0.1) is 0 Å². The van der Waals surface area contributed by atoms with Crippen molar-refractivity contribution in [3.63, 3.8) is 0 Å². The summed E-state index contributed by atoms with van der Waals surface area (Å²) in [7, 11) is 3.91. The Morgan fingerprint density at radius 2 is 1.89 bits per heavy atom. The third kappa shape index (κ3) is 4.13. The number of para-hydroxylation sites is 1. The summed E-state index contributed by atoms with van der Waals surface area (Å²) in [6.45, 7) is 2.63. The van der Waals surface area contributed by atoms with Gasteiger partial charge in [0.2, 0.25) is 0 Å². The Morgan fingerprint density at radius 1 is 1.22 bits per heavy atom. The molecule has 0 fully saturated rings. The fraction of sp³-hybridized carbons (Fsp3) is 0.250. The monoisotopic (exact) mass is 452 g/mol. The number of esters is 1. The maximum absolute atomic E-state index is 12.8. The smallest absolute Gasteiger partial charge is 0.340 e. The molecule has 3 rings (SSSR count). The van der Waals surface area contributed by atoms with Crippen molar-refractivity contribution in [2.24, 2.45) is 0 Å². The van der Waals surface area contributed by atoms with E-state index in [2.05, 4.69) is 15.9 Å². The molecule has 0 atom stereocenters. The van der Waals surface area contributed by atoms with Crippen LogP contribution in [-0.4, -0.2) is 41.2 Å². The van der Waals surface area contributed by atoms with Gasteiger partial charge < -0.3 is 19.3 Å². The van der Waals surface area contributed by atoms with E-state index in [4.69, 9.17) is 4.74 Å². The summed E-state index contributed by atoms with van der Waals surface area (Å²) in [6.07, 6.45) is 0. The standard InChI is InChI=1S/C20H21BrN2O3.ClH/c1-4-26-20(25)19-14-10-18(24)15(21)11-16(14)23(17(19)12-22(2)3)13-8-6-5-7-9-13;/h5-11,24H,4,12H2,1-3H3;1H. The topological polar surface area (TPSA) is 54.7 Å². The number of benzene rings is 2. The summed E-state index contributed by atoms with van der Waals surface area (Å²) < 4.78 is 7.94. The molecule has 0 aliphatic heterocycles. The van der Waals surface area contributed by atoms with Crippen LogP contribution in [0.4, 0.5) is 0 Å². The Kier molecular flexibility index (Phi) is 6.92. The Bertz CT molecular complexity index is 955. The highest BCUT2D eigenvalue weighted by molar-refractivity contribution is 9.10. The predicted octanol–water partition coefficient (Wildman–Crippen LogP) is 4.76. The van der Waals surface area contributed by atoms with Gasteiger partial charge >= 0.3 is 5.97 Å². The number of ether oxygens (including phenoxy) is 1. The SMILES string of the molecule is CCOC(=O)c1c(CN(C)C)n(-c2ccccc2)c2cc(Br)c(O)cc12.Cl. The van der Waals surface area contributed by atoms with E-state index in [1.807, 2.05) is 60.0 Å². The highest BCUT2D eigenvalue weighted by atomic mass is 79.9. The molecule has 0 unspecified atom stereocenters. The number of nitrogens with zero attached hydrogens (tertiary/aromatic N) is 2. The van der Waals surface area contributed by atoms with Gasteiger partial charge in [-0.25, -0.2) is 4.79 Å². The normalized spacial score (nSPS) is 10.9. The van der Waals surface area contributed by atoms with Crippen molar-refractivity contribution in [3.05, 3.63) is 58.2 Å². The number of aromatic nitrogens is 1. The number of phenolic OH excluding ortho intramolecular Hbond substituents is 1. The lowest BCUT2D eigenvalue weighted by atomic mass is 10.1. The third-order valence-electron chi connectivity index (χ3n) is 4.09. The zero-order chi connectivity index (χ0) is 18.8. The number of aromatic hydroxyl groups is 1. The Balaban J connectivity index is 0.00000261. The molecule has 0 aliphatic carbocycles. The number of hydrogen-bond acceptors (Lipinski definition) is 4. The molecule has 0 aliphatic rings. The summed E-state index contributed by atoms with van der Waals surface area (Å²) >= 11 is 3.39. The largest absolute Gasteiger partial charge is 0.507 e. The highest BCUT2D eigenvalue weighted by Crippen LogP contribution is 2.37. The van der Waals surface area contributed by atoms with Crippen molar-refractivity contribution >= 4 is 45.2 Å². The van der Waals surface area contributed by atoms with Gasteiger partial charge in [-0.05, 0) is 61.2 Å². The predicted molar refractivity (Wildman–Crippen MR) is 113 cm³/mol. The molecule has 7 heteroatoms. The lowest BCUT2D eigenvalue weighted by Crippen LogP contribution is -2.17. The number of fused-ring (bicyclic) bond motifs is 1. The van der Waals surface area contributed by atoms with Crippen molar-refractivity contribution < 1.29 is 14.6 Å². The maximum Gasteiger partial charge on any atom is 0.340 e. The van der Waals surface area contributed by atoms with E-state index in [1.165, 1.54) is 0 Å². The van der Waals surface area contributed by atoms with Crippen molar-refractivity contribution in [1.29, 1.82) is 0 Å². The fourth-order valence-corrected chi connectivity index (χ4v) is 3.43. The molecule has 1 aromatic heterocycles. The quantitative estimate of drug-likeness (QED) is 0.566. The van der Waals surface area contributed by atoms with Crippen molar-refractivity contribution in [3.8, 4) is 11.4 Å². The molecule has 0 bridgehead atoms. The molecule has 1 N–H and O–H groups in total. The van der Waals surface area contributed by atoms with Gasteiger partial charge in [0.25, 0.3) is 0 Å². The maximum atomic E-state index is 12.8. The molecule has 0 spiro atoms. The van der Waals surface area contributed by atoms with Gasteiger partial charge in [-0.1, -0.05) is 18.2 Å². The summed E-state index contributed by atoms with van der Waals surface area (Å²) in [4.78, 5) is 14.8. The second kappa shape index (κ2) is 8.78. The van der Waals surface area contributed by atoms with E-state index in [-0.39, 0.29) is 24.1 Å². The van der Waals surface area contributed by atoms with Crippen LogP contribution in [0.2, 0.25) is 0 Å². The molecule has 144 valence electrons. The van der Waals surface area contributed by atoms with Crippen LogP contribution in [0.1, 0.15) is 23.0 Å². The van der Waals surface area contributed by atoms with Gasteiger partial charge in [-0.15, -0.1) is 12.4 Å². The molecular formula is C20H22BrClN2O3. The molecule has 3 aromatic rings. The number of carbonyl (C=O) groups excluding carboxylic acids is 1. The van der Waals surface area contributed by atoms with Gasteiger partial charge in [-0.3, -0.25) is 0 Å². The van der Waals surface area contributed by atoms with Crippen LogP contribution in [-0.2, 0) is 11.3 Å². The first-order chi connectivity index (χ1) is 12.4. The molecule has 0 saturated heterocycles. The first-order valence-corrected chi connectivity index (χ1v) is 9.16. The molecule has 0 radical (unpaired) electrons. The number of rotatable bonds is 5. The van der Waals surface area contributed by atoms with Crippen molar-refractivity contribution in [2.75, 3.05) is 20.7 Å². The van der Waals surface area contributed by atoms with E-state index in [0.717, 1.165) is 16.9 Å². The Hall–Kier alpha value is -2.02. The minimum Gasteiger partial charge on any atom is -0.507 e. The average molecular weight is 454 g/mol. The first-order valence-electron chi connectivity index (χ1n) is 8.37. The molecule has 5 nitrogen and oxygen atoms in total. The van der Waals surface area contributed by atoms with E-state index in [1.54, 1.807) is 13.0 Å². The average Bonchev–Trinajstić information content (AvgIpc) is 2.88. The van der Waals surface area contributed by atoms with Crippen molar-refractivity contribution in [1.82, 2.24) is 9.47 Å². The first kappa shape index (κ1) is 21.3. The fourth-order valence-electron chi connectivity index (χ4n) is 3.10. The van der Waals surface area contributed by atoms with Gasteiger partial charge in [0, 0.05) is 17.6 Å². The van der Waals surface area contributed by atoms with Crippen LogP contribution in [0.25, 0.3) is 16.6 Å². The van der Waals surface area contributed by atoms with Gasteiger partial charge in [0.15, 0.2) is 0 Å². The third-order valence-corrected chi connectivity index (χ3v) is 4.73. The molecule has 1 heterocycles. The Labute approximate surface area is 173 Å². The van der Waals surface area contributed by atoms with Crippen molar-refractivity contribution in [2.45, 2.75) is 13.5 Å². The minimum absolute atomic E-state index is 0. The van der Waals surface area contributed by atoms with Crippen LogP contribution in [0.3, 0.4) is 0 Å². The molecule has 27 heavy (non-hydrogen) atoms. The van der Waals surface area contributed by atoms with Gasteiger partial charge in [-0.2, -0.15) is 0 Å². The number of phenols is 1. The molecule has 0 amide bonds. The zero-order valence-corrected chi connectivity index (χ0v) is 17.8. The van der Waals surface area contributed by atoms with Crippen LogP contribution in [0.5, 0.6) is 5.75 Å². The molecular weight excluding hydrogens is 432 g/mol. The summed E-state index contributed by atoms with van der Waals surface area (Å²) in [5.41, 5.74) is 3.10. The van der Waals surface area contributed by atoms with Gasteiger partial charge in [0.1, 0.15) is 5.75 Å². The number of carbonyl (C=O) groups is 1. The van der Waals surface area contributed by atoms with E-state index in [0.29, 0.717) is 28.6 Å². The number of hydrogen-bond donors (Lipinski definition) is 1. The summed E-state index contributed by atoms with van der Waals surface area (Å²) in [5, 5.41) is 10.9. The second-order valence-electron chi connectivity index (χ2n) is 6.27. The zero-order valence-electron chi connectivity index (χ0n) is 15.4. The lowest BCUT2D eigenvalue weighted by Gasteiger charge is -2.16. The second-order valence-corrected chi connectivity index (χ2v) is 7.13. The molecule has 2 aromatic carbocycles. The van der Waals surface area contributed by atoms with E-state index >= 15 is 0 Å². The van der Waals surface area contributed by atoms with Gasteiger partial charge in [0.05, 0.1) is 27.9 Å². The lowest BCUT2D eigenvalue weighted by molar-refractivity contribution is 0.0526. The van der Waals surface area contributed by atoms with Crippen LogP contribution >= 0.6 is 28.3 Å². The number of halogens is 2.